The minimum absolute atomic E-state index is 0.00116. The summed E-state index contributed by atoms with van der Waals surface area (Å²) in [5, 5.41) is 8.47. The highest BCUT2D eigenvalue weighted by atomic mass is 16.1. The van der Waals surface area contributed by atoms with Crippen LogP contribution in [0, 0.1) is 0 Å². The molecule has 1 saturated carbocycles. The number of nitrogens with zero attached hydrogens (tertiary/aromatic N) is 3. The highest BCUT2D eigenvalue weighted by Crippen LogP contribution is 2.41. The highest BCUT2D eigenvalue weighted by Gasteiger charge is 2.34. The fourth-order valence-electron chi connectivity index (χ4n) is 2.43. The molecule has 0 amide bonds. The van der Waals surface area contributed by atoms with Crippen molar-refractivity contribution in [1.82, 2.24) is 14.8 Å². The predicted octanol–water partition coefficient (Wildman–Crippen LogP) is 1.62. The molecule has 1 unspecified atom stereocenters. The second-order valence-electron chi connectivity index (χ2n) is 4.65. The number of fused-ring (bicyclic) bond motifs is 1. The van der Waals surface area contributed by atoms with E-state index in [-0.39, 0.29) is 11.7 Å². The highest BCUT2D eigenvalue weighted by molar-refractivity contribution is 5.82. The average molecular weight is 205 g/mol. The Morgan fingerprint density at radius 2 is 2.00 bits per heavy atom. The molecule has 1 aliphatic heterocycles. The largest absolute Gasteiger partial charge is 0.314 e. The van der Waals surface area contributed by atoms with Crippen LogP contribution in [-0.2, 0) is 11.3 Å². The molecule has 0 saturated heterocycles. The number of carbonyl (C=O) groups excluding carboxylic acids is 1. The lowest BCUT2D eigenvalue weighted by molar-refractivity contribution is -0.119. The lowest BCUT2D eigenvalue weighted by Crippen LogP contribution is -2.22. The van der Waals surface area contributed by atoms with Crippen LogP contribution in [0.25, 0.3) is 0 Å². The molecular weight excluding hydrogens is 190 g/mol. The Morgan fingerprint density at radius 1 is 1.27 bits per heavy atom. The molecule has 1 aromatic rings. The first kappa shape index (κ1) is 9.07. The van der Waals surface area contributed by atoms with Crippen molar-refractivity contribution in [1.29, 1.82) is 0 Å². The van der Waals surface area contributed by atoms with Crippen LogP contribution in [-0.4, -0.2) is 20.5 Å². The zero-order valence-electron chi connectivity index (χ0n) is 8.94. The summed E-state index contributed by atoms with van der Waals surface area (Å²) >= 11 is 0. The van der Waals surface area contributed by atoms with Crippen LogP contribution in [0.4, 0.5) is 0 Å². The van der Waals surface area contributed by atoms with Gasteiger partial charge < -0.3 is 4.57 Å². The van der Waals surface area contributed by atoms with Gasteiger partial charge in [0, 0.05) is 12.5 Å². The van der Waals surface area contributed by atoms with E-state index in [1.54, 1.807) is 6.92 Å². The standard InChI is InChI=1S/C11H15N3O/c1-7(15)9-3-2-6-14-10(8-4-5-8)12-13-11(9)14/h8-9H,2-6H2,1H3. The molecule has 0 spiro atoms. The molecule has 4 nitrogen and oxygen atoms in total. The molecular formula is C11H15N3O. The van der Waals surface area contributed by atoms with Crippen LogP contribution in [0.5, 0.6) is 0 Å². The maximum Gasteiger partial charge on any atom is 0.143 e. The number of rotatable bonds is 2. The third kappa shape index (κ3) is 1.39. The Labute approximate surface area is 88.7 Å². The Balaban J connectivity index is 2.01. The Bertz CT molecular complexity index is 406. The van der Waals surface area contributed by atoms with Crippen molar-refractivity contribution in [2.24, 2.45) is 0 Å². The van der Waals surface area contributed by atoms with Crippen LogP contribution >= 0.6 is 0 Å². The van der Waals surface area contributed by atoms with E-state index >= 15 is 0 Å². The molecule has 3 rings (SSSR count). The quantitative estimate of drug-likeness (QED) is 0.737. The van der Waals surface area contributed by atoms with Crippen LogP contribution < -0.4 is 0 Å². The van der Waals surface area contributed by atoms with Gasteiger partial charge in [0.2, 0.25) is 0 Å². The third-order valence-corrected chi connectivity index (χ3v) is 3.43. The second-order valence-corrected chi connectivity index (χ2v) is 4.65. The van der Waals surface area contributed by atoms with Crippen molar-refractivity contribution >= 4 is 5.78 Å². The van der Waals surface area contributed by atoms with Gasteiger partial charge in [-0.15, -0.1) is 10.2 Å². The Kier molecular flexibility index (Phi) is 1.90. The van der Waals surface area contributed by atoms with Gasteiger partial charge >= 0.3 is 0 Å². The molecule has 0 aromatic carbocycles. The summed E-state index contributed by atoms with van der Waals surface area (Å²) in [5.41, 5.74) is 0. The third-order valence-electron chi connectivity index (χ3n) is 3.43. The van der Waals surface area contributed by atoms with E-state index in [9.17, 15) is 4.79 Å². The first-order valence-electron chi connectivity index (χ1n) is 5.71. The average Bonchev–Trinajstić information content (AvgIpc) is 2.97. The molecule has 1 aromatic heterocycles. The number of ketones is 1. The predicted molar refractivity (Wildman–Crippen MR) is 54.7 cm³/mol. The fraction of sp³-hybridized carbons (Fsp3) is 0.727. The zero-order chi connectivity index (χ0) is 10.4. The Hall–Kier alpha value is -1.19. The van der Waals surface area contributed by atoms with Crippen LogP contribution in [0.1, 0.15) is 56.1 Å². The zero-order valence-corrected chi connectivity index (χ0v) is 8.94. The summed E-state index contributed by atoms with van der Waals surface area (Å²) in [6, 6.07) is 0. The topological polar surface area (TPSA) is 47.8 Å². The Morgan fingerprint density at radius 3 is 2.67 bits per heavy atom. The van der Waals surface area contributed by atoms with Gasteiger partial charge in [0.25, 0.3) is 0 Å². The summed E-state index contributed by atoms with van der Waals surface area (Å²) in [6.07, 6.45) is 4.50. The smallest absolute Gasteiger partial charge is 0.143 e. The number of hydrogen-bond donors (Lipinski definition) is 0. The summed E-state index contributed by atoms with van der Waals surface area (Å²) in [4.78, 5) is 11.5. The molecule has 1 atom stereocenters. The van der Waals surface area contributed by atoms with Gasteiger partial charge in [0.1, 0.15) is 17.4 Å². The molecule has 0 N–H and O–H groups in total. The van der Waals surface area contributed by atoms with Crippen molar-refractivity contribution in [2.75, 3.05) is 0 Å². The minimum Gasteiger partial charge on any atom is -0.314 e. The monoisotopic (exact) mass is 205 g/mol. The maximum absolute atomic E-state index is 11.5. The van der Waals surface area contributed by atoms with Gasteiger partial charge in [-0.05, 0) is 32.6 Å². The first-order valence-corrected chi connectivity index (χ1v) is 5.71. The van der Waals surface area contributed by atoms with E-state index in [2.05, 4.69) is 14.8 Å². The second kappa shape index (κ2) is 3.15. The van der Waals surface area contributed by atoms with E-state index < -0.39 is 0 Å². The number of aromatic nitrogens is 3. The molecule has 1 fully saturated rings. The van der Waals surface area contributed by atoms with Gasteiger partial charge in [-0.25, -0.2) is 0 Å². The lowest BCUT2D eigenvalue weighted by Gasteiger charge is -2.21. The summed E-state index contributed by atoms with van der Waals surface area (Å²) in [7, 11) is 0. The van der Waals surface area contributed by atoms with Crippen molar-refractivity contribution in [2.45, 2.75) is 51.0 Å². The van der Waals surface area contributed by atoms with E-state index in [0.717, 1.165) is 31.0 Å². The van der Waals surface area contributed by atoms with Gasteiger partial charge in [-0.2, -0.15) is 0 Å². The lowest BCUT2D eigenvalue weighted by atomic mass is 9.95. The van der Waals surface area contributed by atoms with E-state index in [4.69, 9.17) is 0 Å². The van der Waals surface area contributed by atoms with Crippen LogP contribution in [0.3, 0.4) is 0 Å². The molecule has 15 heavy (non-hydrogen) atoms. The van der Waals surface area contributed by atoms with Crippen molar-refractivity contribution in [3.63, 3.8) is 0 Å². The van der Waals surface area contributed by atoms with E-state index in [1.807, 2.05) is 0 Å². The minimum atomic E-state index is -0.00116. The van der Waals surface area contributed by atoms with Crippen LogP contribution in [0.15, 0.2) is 0 Å². The SMILES string of the molecule is CC(=O)C1CCCn2c(C3CC3)nnc21. The molecule has 4 heteroatoms. The molecule has 1 aliphatic carbocycles. The van der Waals surface area contributed by atoms with Crippen molar-refractivity contribution in [3.8, 4) is 0 Å². The number of carbonyl (C=O) groups is 1. The molecule has 0 radical (unpaired) electrons. The van der Waals surface area contributed by atoms with Crippen molar-refractivity contribution in [3.05, 3.63) is 11.6 Å². The van der Waals surface area contributed by atoms with Crippen LogP contribution in [0.2, 0.25) is 0 Å². The first-order chi connectivity index (χ1) is 7.27. The summed E-state index contributed by atoms with van der Waals surface area (Å²) < 4.78 is 2.19. The molecule has 0 bridgehead atoms. The fourth-order valence-corrected chi connectivity index (χ4v) is 2.43. The summed E-state index contributed by atoms with van der Waals surface area (Å²) in [5.74, 6) is 2.88. The molecule has 2 aliphatic rings. The van der Waals surface area contributed by atoms with Gasteiger partial charge in [0.15, 0.2) is 0 Å². The molecule has 80 valence electrons. The molecule has 2 heterocycles. The van der Waals surface area contributed by atoms with Crippen molar-refractivity contribution < 1.29 is 4.79 Å². The van der Waals surface area contributed by atoms with E-state index in [1.165, 1.54) is 12.8 Å². The van der Waals surface area contributed by atoms with Gasteiger partial charge in [-0.1, -0.05) is 0 Å². The maximum atomic E-state index is 11.5. The van der Waals surface area contributed by atoms with E-state index in [0.29, 0.717) is 5.92 Å². The summed E-state index contributed by atoms with van der Waals surface area (Å²) in [6.45, 7) is 2.66. The number of hydrogen-bond acceptors (Lipinski definition) is 3. The normalized spacial score (nSPS) is 25.0. The van der Waals surface area contributed by atoms with Gasteiger partial charge in [-0.3, -0.25) is 4.79 Å². The number of Topliss-reactive ketones (excluding diaryl/α,β-unsaturated/α-hetero) is 1. The van der Waals surface area contributed by atoms with Gasteiger partial charge in [0.05, 0.1) is 5.92 Å².